The van der Waals surface area contributed by atoms with Gasteiger partial charge in [-0.15, -0.1) is 10.2 Å². The highest BCUT2D eigenvalue weighted by Crippen LogP contribution is 2.35. The molecule has 0 fully saturated rings. The van der Waals surface area contributed by atoms with Crippen molar-refractivity contribution in [2.75, 3.05) is 6.61 Å². The van der Waals surface area contributed by atoms with Crippen molar-refractivity contribution in [2.45, 2.75) is 6.92 Å². The molecule has 0 unspecified atom stereocenters. The summed E-state index contributed by atoms with van der Waals surface area (Å²) in [4.78, 5) is 14.5. The van der Waals surface area contributed by atoms with E-state index < -0.39 is 5.91 Å². The number of azo groups is 1. The number of aromatic nitrogens is 1. The molecule has 0 radical (unpaired) electrons. The molecule has 0 bridgehead atoms. The number of aromatic hydroxyl groups is 1. The van der Waals surface area contributed by atoms with Gasteiger partial charge in [0.15, 0.2) is 12.3 Å². The first kappa shape index (κ1) is 14.8. The third-order valence-corrected chi connectivity index (χ3v) is 3.27. The van der Waals surface area contributed by atoms with E-state index in [0.29, 0.717) is 11.1 Å². The molecule has 0 aliphatic rings. The van der Waals surface area contributed by atoms with Gasteiger partial charge in [-0.25, -0.2) is 0 Å². The SMILES string of the molecule is Cc1ccc2[nH]c(O)c(N=NC(=O)COc3ccccc3)c2c1. The van der Waals surface area contributed by atoms with Crippen LogP contribution in [0.3, 0.4) is 0 Å². The summed E-state index contributed by atoms with van der Waals surface area (Å²) in [7, 11) is 0. The Hall–Kier alpha value is -3.15. The number of rotatable bonds is 4. The molecule has 3 rings (SSSR count). The van der Waals surface area contributed by atoms with E-state index in [-0.39, 0.29) is 18.2 Å². The summed E-state index contributed by atoms with van der Waals surface area (Å²) in [5.74, 6) is -0.0667. The first-order valence-corrected chi connectivity index (χ1v) is 7.07. The molecule has 6 heteroatoms. The number of nitrogens with zero attached hydrogens (tertiary/aromatic N) is 2. The van der Waals surface area contributed by atoms with Crippen LogP contribution in [0.2, 0.25) is 0 Å². The van der Waals surface area contributed by atoms with Crippen LogP contribution in [0.5, 0.6) is 11.6 Å². The highest BCUT2D eigenvalue weighted by Gasteiger charge is 2.11. The first-order chi connectivity index (χ1) is 11.1. The molecule has 0 atom stereocenters. The quantitative estimate of drug-likeness (QED) is 0.717. The number of hydrogen-bond acceptors (Lipinski definition) is 4. The number of aryl methyl sites for hydroxylation is 1. The van der Waals surface area contributed by atoms with Crippen molar-refractivity contribution < 1.29 is 14.6 Å². The molecule has 0 saturated carbocycles. The van der Waals surface area contributed by atoms with Gasteiger partial charge in [0.05, 0.1) is 5.52 Å². The molecule has 2 N–H and O–H groups in total. The first-order valence-electron chi connectivity index (χ1n) is 7.07. The Balaban J connectivity index is 1.73. The van der Waals surface area contributed by atoms with Crippen molar-refractivity contribution in [3.05, 3.63) is 54.1 Å². The molecule has 0 spiro atoms. The lowest BCUT2D eigenvalue weighted by atomic mass is 10.2. The number of benzene rings is 2. The number of H-pyrrole nitrogens is 1. The monoisotopic (exact) mass is 309 g/mol. The number of carbonyl (C=O) groups excluding carboxylic acids is 1. The number of hydrogen-bond donors (Lipinski definition) is 2. The van der Waals surface area contributed by atoms with Crippen LogP contribution in [0, 0.1) is 6.92 Å². The van der Waals surface area contributed by atoms with Gasteiger partial charge < -0.3 is 14.8 Å². The van der Waals surface area contributed by atoms with Gasteiger partial charge in [-0.1, -0.05) is 29.8 Å². The Bertz CT molecular complexity index is 869. The summed E-state index contributed by atoms with van der Waals surface area (Å²) in [6, 6.07) is 14.6. The number of para-hydroxylation sites is 1. The molecule has 1 amide bonds. The molecule has 3 aromatic rings. The van der Waals surface area contributed by atoms with Crippen molar-refractivity contribution in [1.82, 2.24) is 4.98 Å². The second kappa shape index (κ2) is 6.31. The van der Waals surface area contributed by atoms with Crippen molar-refractivity contribution in [2.24, 2.45) is 10.2 Å². The molecule has 0 aliphatic carbocycles. The highest BCUT2D eigenvalue weighted by molar-refractivity contribution is 5.94. The largest absolute Gasteiger partial charge is 0.493 e. The van der Waals surface area contributed by atoms with E-state index in [1.165, 1.54) is 0 Å². The van der Waals surface area contributed by atoms with Crippen LogP contribution in [0.1, 0.15) is 5.56 Å². The summed E-state index contributed by atoms with van der Waals surface area (Å²) < 4.78 is 5.30. The zero-order valence-electron chi connectivity index (χ0n) is 12.5. The van der Waals surface area contributed by atoms with Gasteiger partial charge in [0.25, 0.3) is 0 Å². The fraction of sp³-hybridized carbons (Fsp3) is 0.118. The average molecular weight is 309 g/mol. The molecular weight excluding hydrogens is 294 g/mol. The average Bonchev–Trinajstić information content (AvgIpc) is 2.86. The predicted molar refractivity (Wildman–Crippen MR) is 86.2 cm³/mol. The fourth-order valence-electron chi connectivity index (χ4n) is 2.17. The van der Waals surface area contributed by atoms with Crippen LogP contribution in [0.25, 0.3) is 10.9 Å². The van der Waals surface area contributed by atoms with E-state index in [2.05, 4.69) is 15.2 Å². The standard InChI is InChI=1S/C17H15N3O3/c1-11-7-8-14-13(9-11)16(17(22)18-14)20-19-15(21)10-23-12-5-3-2-4-6-12/h2-9,18,22H,10H2,1H3. The highest BCUT2D eigenvalue weighted by atomic mass is 16.5. The van der Waals surface area contributed by atoms with Gasteiger partial charge in [-0.05, 0) is 31.2 Å². The van der Waals surface area contributed by atoms with Crippen LogP contribution >= 0.6 is 0 Å². The maximum atomic E-state index is 11.7. The van der Waals surface area contributed by atoms with E-state index in [1.807, 2.05) is 43.3 Å². The summed E-state index contributed by atoms with van der Waals surface area (Å²) in [5.41, 5.74) is 2.00. The molecule has 2 aromatic carbocycles. The zero-order valence-corrected chi connectivity index (χ0v) is 12.5. The zero-order chi connectivity index (χ0) is 16.2. The van der Waals surface area contributed by atoms with Crippen molar-refractivity contribution in [1.29, 1.82) is 0 Å². The van der Waals surface area contributed by atoms with Gasteiger partial charge in [-0.2, -0.15) is 0 Å². The van der Waals surface area contributed by atoms with Crippen LogP contribution in [-0.4, -0.2) is 22.6 Å². The smallest absolute Gasteiger partial charge is 0.302 e. The van der Waals surface area contributed by atoms with Gasteiger partial charge in [-0.3, -0.25) is 4.79 Å². The summed E-state index contributed by atoms with van der Waals surface area (Å²) in [5, 5.41) is 18.1. The summed E-state index contributed by atoms with van der Waals surface area (Å²) in [6.07, 6.45) is 0. The number of fused-ring (bicyclic) bond motifs is 1. The topological polar surface area (TPSA) is 87.0 Å². The molecule has 116 valence electrons. The second-order valence-corrected chi connectivity index (χ2v) is 5.07. The summed E-state index contributed by atoms with van der Waals surface area (Å²) >= 11 is 0. The minimum Gasteiger partial charge on any atom is -0.493 e. The van der Waals surface area contributed by atoms with Crippen LogP contribution in [0.15, 0.2) is 58.8 Å². The van der Waals surface area contributed by atoms with Gasteiger partial charge in [0.1, 0.15) is 5.75 Å². The number of aromatic amines is 1. The van der Waals surface area contributed by atoms with Crippen molar-refractivity contribution >= 4 is 22.5 Å². The number of ether oxygens (including phenoxy) is 1. The van der Waals surface area contributed by atoms with Crippen molar-refractivity contribution in [3.8, 4) is 11.6 Å². The van der Waals surface area contributed by atoms with Gasteiger partial charge >= 0.3 is 5.91 Å². The second-order valence-electron chi connectivity index (χ2n) is 5.07. The Morgan fingerprint density at radius 3 is 2.78 bits per heavy atom. The fourth-order valence-corrected chi connectivity index (χ4v) is 2.17. The van der Waals surface area contributed by atoms with Gasteiger partial charge in [0.2, 0.25) is 5.88 Å². The Labute approximate surface area is 132 Å². The summed E-state index contributed by atoms with van der Waals surface area (Å²) in [6.45, 7) is 1.72. The Morgan fingerprint density at radius 2 is 2.00 bits per heavy atom. The molecule has 6 nitrogen and oxygen atoms in total. The van der Waals surface area contributed by atoms with E-state index in [9.17, 15) is 9.90 Å². The maximum Gasteiger partial charge on any atom is 0.302 e. The minimum absolute atomic E-state index is 0.119. The van der Waals surface area contributed by atoms with Gasteiger partial charge in [0, 0.05) is 5.39 Å². The lowest BCUT2D eigenvalue weighted by molar-refractivity contribution is -0.120. The van der Waals surface area contributed by atoms with Crippen LogP contribution < -0.4 is 4.74 Å². The van der Waals surface area contributed by atoms with E-state index in [4.69, 9.17) is 4.74 Å². The third kappa shape index (κ3) is 3.37. The lowest BCUT2D eigenvalue weighted by Crippen LogP contribution is -2.07. The molecule has 0 saturated heterocycles. The van der Waals surface area contributed by atoms with Crippen LogP contribution in [0.4, 0.5) is 5.69 Å². The molecular formula is C17H15N3O3. The number of nitrogens with one attached hydrogen (secondary N) is 1. The Morgan fingerprint density at radius 1 is 1.22 bits per heavy atom. The Kier molecular flexibility index (Phi) is 4.05. The van der Waals surface area contributed by atoms with Crippen LogP contribution in [-0.2, 0) is 4.79 Å². The van der Waals surface area contributed by atoms with E-state index in [1.54, 1.807) is 12.1 Å². The van der Waals surface area contributed by atoms with E-state index in [0.717, 1.165) is 11.1 Å². The molecule has 1 heterocycles. The number of amides is 1. The molecule has 0 aliphatic heterocycles. The number of carbonyl (C=O) groups is 1. The molecule has 23 heavy (non-hydrogen) atoms. The third-order valence-electron chi connectivity index (χ3n) is 3.27. The maximum absolute atomic E-state index is 11.7. The molecule has 1 aromatic heterocycles. The van der Waals surface area contributed by atoms with Crippen molar-refractivity contribution in [3.63, 3.8) is 0 Å². The minimum atomic E-state index is -0.532. The lowest BCUT2D eigenvalue weighted by Gasteiger charge is -2.01. The van der Waals surface area contributed by atoms with E-state index >= 15 is 0 Å². The normalized spacial score (nSPS) is 11.2. The predicted octanol–water partition coefficient (Wildman–Crippen LogP) is 3.87.